The van der Waals surface area contributed by atoms with Gasteiger partial charge in [0.2, 0.25) is 0 Å². The van der Waals surface area contributed by atoms with Crippen molar-refractivity contribution in [2.45, 2.75) is 19.4 Å². The molecule has 0 saturated carbocycles. The van der Waals surface area contributed by atoms with E-state index in [0.717, 1.165) is 25.9 Å². The average Bonchev–Trinajstić information content (AvgIpc) is 2.92. The molecule has 0 atom stereocenters. The molecule has 2 aromatic heterocycles. The monoisotopic (exact) mass is 261 g/mol. The maximum Gasteiger partial charge on any atom is 0.274 e. The number of nitrogens with zero attached hydrogens (tertiary/aromatic N) is 4. The van der Waals surface area contributed by atoms with Crippen LogP contribution in [0.5, 0.6) is 0 Å². The lowest BCUT2D eigenvalue weighted by molar-refractivity contribution is -0.384. The molecule has 2 heterocycles. The smallest absolute Gasteiger partial charge is 0.274 e. The molecule has 0 aromatic carbocycles. The van der Waals surface area contributed by atoms with Crippen LogP contribution in [-0.2, 0) is 6.54 Å². The van der Waals surface area contributed by atoms with Crippen LogP contribution in [0.15, 0.2) is 37.1 Å². The first-order valence-electron chi connectivity index (χ1n) is 6.06. The summed E-state index contributed by atoms with van der Waals surface area (Å²) < 4.78 is 2.02. The summed E-state index contributed by atoms with van der Waals surface area (Å²) in [5, 5.41) is 13.7. The summed E-state index contributed by atoms with van der Waals surface area (Å²) in [5.74, 6) is 0.539. The Bertz CT molecular complexity index is 527. The molecule has 19 heavy (non-hydrogen) atoms. The van der Waals surface area contributed by atoms with Crippen LogP contribution in [-0.4, -0.2) is 26.0 Å². The minimum absolute atomic E-state index is 0.0518. The number of aryl methyl sites for hydroxylation is 1. The third-order valence-corrected chi connectivity index (χ3v) is 2.66. The molecular formula is C12H15N5O2. The maximum atomic E-state index is 10.6. The van der Waals surface area contributed by atoms with E-state index in [-0.39, 0.29) is 5.69 Å². The van der Waals surface area contributed by atoms with Crippen molar-refractivity contribution in [3.8, 4) is 0 Å². The molecule has 0 saturated heterocycles. The van der Waals surface area contributed by atoms with Crippen LogP contribution >= 0.6 is 0 Å². The highest BCUT2D eigenvalue weighted by Crippen LogP contribution is 2.14. The molecule has 0 aliphatic carbocycles. The minimum Gasteiger partial charge on any atom is -0.370 e. The maximum absolute atomic E-state index is 10.6. The molecule has 0 unspecified atom stereocenters. The molecule has 0 fully saturated rings. The van der Waals surface area contributed by atoms with Crippen molar-refractivity contribution in [2.24, 2.45) is 0 Å². The Hall–Kier alpha value is -2.44. The molecule has 0 amide bonds. The highest BCUT2D eigenvalue weighted by Gasteiger charge is 2.05. The Kier molecular flexibility index (Phi) is 4.44. The van der Waals surface area contributed by atoms with E-state index < -0.39 is 4.92 Å². The van der Waals surface area contributed by atoms with Gasteiger partial charge >= 0.3 is 0 Å². The summed E-state index contributed by atoms with van der Waals surface area (Å²) in [7, 11) is 0. The lowest BCUT2D eigenvalue weighted by atomic mass is 10.3. The van der Waals surface area contributed by atoms with Crippen LogP contribution in [0.2, 0.25) is 0 Å². The first kappa shape index (κ1) is 13.0. The number of aromatic nitrogens is 3. The van der Waals surface area contributed by atoms with Crippen LogP contribution in [0.25, 0.3) is 0 Å². The summed E-state index contributed by atoms with van der Waals surface area (Å²) in [6.45, 7) is 1.66. The van der Waals surface area contributed by atoms with Gasteiger partial charge in [0, 0.05) is 37.7 Å². The van der Waals surface area contributed by atoms with Crippen LogP contribution in [0.4, 0.5) is 11.5 Å². The standard InChI is InChI=1S/C12H15N5O2/c18-17(19)11-3-5-15-12(9-11)14-4-1-2-7-16-8-6-13-10-16/h3,5-6,8-10H,1-2,4,7H2,(H,14,15). The Balaban J connectivity index is 1.70. The summed E-state index contributed by atoms with van der Waals surface area (Å²) >= 11 is 0. The fourth-order valence-electron chi connectivity index (χ4n) is 1.68. The fraction of sp³-hybridized carbons (Fsp3) is 0.333. The molecule has 0 radical (unpaired) electrons. The number of hydrogen-bond acceptors (Lipinski definition) is 5. The predicted molar refractivity (Wildman–Crippen MR) is 70.8 cm³/mol. The number of hydrogen-bond donors (Lipinski definition) is 1. The Morgan fingerprint density at radius 1 is 1.37 bits per heavy atom. The lowest BCUT2D eigenvalue weighted by Gasteiger charge is -2.05. The van der Waals surface area contributed by atoms with Gasteiger partial charge in [-0.25, -0.2) is 9.97 Å². The molecule has 2 rings (SSSR count). The first-order chi connectivity index (χ1) is 9.25. The number of unbranched alkanes of at least 4 members (excludes halogenated alkanes) is 1. The van der Waals surface area contributed by atoms with Crippen molar-refractivity contribution in [1.82, 2.24) is 14.5 Å². The average molecular weight is 261 g/mol. The normalized spacial score (nSPS) is 10.3. The zero-order valence-electron chi connectivity index (χ0n) is 10.4. The SMILES string of the molecule is O=[N+]([O-])c1ccnc(NCCCCn2ccnc2)c1. The molecule has 0 bridgehead atoms. The van der Waals surface area contributed by atoms with Crippen LogP contribution < -0.4 is 5.32 Å². The van der Waals surface area contributed by atoms with Gasteiger partial charge in [-0.1, -0.05) is 0 Å². The zero-order valence-corrected chi connectivity index (χ0v) is 10.4. The molecule has 100 valence electrons. The second-order valence-corrected chi connectivity index (χ2v) is 4.09. The van der Waals surface area contributed by atoms with E-state index in [9.17, 15) is 10.1 Å². The second-order valence-electron chi connectivity index (χ2n) is 4.09. The molecule has 0 aliphatic rings. The van der Waals surface area contributed by atoms with Gasteiger partial charge in [-0.05, 0) is 12.8 Å². The fourth-order valence-corrected chi connectivity index (χ4v) is 1.68. The van der Waals surface area contributed by atoms with Gasteiger partial charge in [0.05, 0.1) is 17.3 Å². The zero-order chi connectivity index (χ0) is 13.5. The van der Waals surface area contributed by atoms with Gasteiger partial charge < -0.3 is 9.88 Å². The van der Waals surface area contributed by atoms with Gasteiger partial charge in [0.15, 0.2) is 0 Å². The highest BCUT2D eigenvalue weighted by molar-refractivity contribution is 5.43. The molecule has 2 aromatic rings. The van der Waals surface area contributed by atoms with Crippen LogP contribution in [0.3, 0.4) is 0 Å². The predicted octanol–water partition coefficient (Wildman–Crippen LogP) is 2.08. The van der Waals surface area contributed by atoms with E-state index >= 15 is 0 Å². The van der Waals surface area contributed by atoms with Crippen molar-refractivity contribution >= 4 is 11.5 Å². The number of nitrogens with one attached hydrogen (secondary N) is 1. The summed E-state index contributed by atoms with van der Waals surface area (Å²) in [5.41, 5.74) is 0.0518. The number of anilines is 1. The molecule has 7 heteroatoms. The van der Waals surface area contributed by atoms with Crippen molar-refractivity contribution in [3.63, 3.8) is 0 Å². The molecule has 0 spiro atoms. The van der Waals surface area contributed by atoms with Gasteiger partial charge in [0.25, 0.3) is 5.69 Å². The highest BCUT2D eigenvalue weighted by atomic mass is 16.6. The van der Waals surface area contributed by atoms with Crippen LogP contribution in [0, 0.1) is 10.1 Å². The molecule has 7 nitrogen and oxygen atoms in total. The van der Waals surface area contributed by atoms with E-state index in [1.165, 1.54) is 18.3 Å². The van der Waals surface area contributed by atoms with Crippen molar-refractivity contribution in [2.75, 3.05) is 11.9 Å². The second kappa shape index (κ2) is 6.48. The third kappa shape index (κ3) is 4.06. The van der Waals surface area contributed by atoms with E-state index in [4.69, 9.17) is 0 Å². The van der Waals surface area contributed by atoms with E-state index in [1.54, 1.807) is 12.5 Å². The molecule has 0 aliphatic heterocycles. The summed E-state index contributed by atoms with van der Waals surface area (Å²) in [6.07, 6.45) is 8.88. The van der Waals surface area contributed by atoms with Crippen molar-refractivity contribution in [3.05, 3.63) is 47.2 Å². The Morgan fingerprint density at radius 2 is 2.26 bits per heavy atom. The number of imidazole rings is 1. The number of rotatable bonds is 7. The van der Waals surface area contributed by atoms with Gasteiger partial charge in [-0.15, -0.1) is 0 Å². The summed E-state index contributed by atoms with van der Waals surface area (Å²) in [6, 6.07) is 2.82. The van der Waals surface area contributed by atoms with E-state index in [1.807, 2.05) is 10.8 Å². The number of nitro groups is 1. The van der Waals surface area contributed by atoms with E-state index in [0.29, 0.717) is 5.82 Å². The lowest BCUT2D eigenvalue weighted by Crippen LogP contribution is -2.05. The largest absolute Gasteiger partial charge is 0.370 e. The topological polar surface area (TPSA) is 85.9 Å². The van der Waals surface area contributed by atoms with Gasteiger partial charge in [0.1, 0.15) is 5.82 Å². The van der Waals surface area contributed by atoms with Gasteiger partial charge in [-0.3, -0.25) is 10.1 Å². The van der Waals surface area contributed by atoms with E-state index in [2.05, 4.69) is 15.3 Å². The quantitative estimate of drug-likeness (QED) is 0.468. The third-order valence-electron chi connectivity index (χ3n) is 2.66. The number of pyridine rings is 1. The Morgan fingerprint density at radius 3 is 3.00 bits per heavy atom. The summed E-state index contributed by atoms with van der Waals surface area (Å²) in [4.78, 5) is 18.2. The van der Waals surface area contributed by atoms with Crippen molar-refractivity contribution in [1.29, 1.82) is 0 Å². The van der Waals surface area contributed by atoms with Crippen LogP contribution in [0.1, 0.15) is 12.8 Å². The Labute approximate surface area is 110 Å². The van der Waals surface area contributed by atoms with Gasteiger partial charge in [-0.2, -0.15) is 0 Å². The first-order valence-corrected chi connectivity index (χ1v) is 6.06. The molecule has 1 N–H and O–H groups in total. The molecular weight excluding hydrogens is 246 g/mol. The minimum atomic E-state index is -0.425. The van der Waals surface area contributed by atoms with Crippen molar-refractivity contribution < 1.29 is 4.92 Å².